The van der Waals surface area contributed by atoms with E-state index in [-0.39, 0.29) is 5.78 Å². The van der Waals surface area contributed by atoms with E-state index in [0.717, 1.165) is 30.8 Å². The van der Waals surface area contributed by atoms with E-state index in [2.05, 4.69) is 94.5 Å². The predicted molar refractivity (Wildman–Crippen MR) is 127 cm³/mol. The highest BCUT2D eigenvalue weighted by atomic mass is 16.1. The fourth-order valence-electron chi connectivity index (χ4n) is 4.42. The Bertz CT molecular complexity index is 1220. The number of ketones is 1. The largest absolute Gasteiger partial charge is 0.342 e. The van der Waals surface area contributed by atoms with E-state index in [1.807, 2.05) is 12.1 Å². The summed E-state index contributed by atoms with van der Waals surface area (Å²) < 4.78 is 2.28. The Hall–Kier alpha value is -3.43. The van der Waals surface area contributed by atoms with Gasteiger partial charge in [0.1, 0.15) is 0 Å². The molecule has 1 saturated heterocycles. The molecule has 1 aliphatic heterocycles. The number of nitrogens with zero attached hydrogens (tertiary/aromatic N) is 2. The maximum atomic E-state index is 12.7. The normalized spacial score (nSPS) is 16.3. The molecule has 1 fully saturated rings. The van der Waals surface area contributed by atoms with E-state index in [1.54, 1.807) is 0 Å². The molecule has 4 aromatic rings. The highest BCUT2D eigenvalue weighted by Crippen LogP contribution is 2.26. The topological polar surface area (TPSA) is 25.2 Å². The van der Waals surface area contributed by atoms with Crippen LogP contribution in [0.4, 0.5) is 0 Å². The standard InChI is InChI=1S/C28H26N2O/c31-28-15-16-29(18-22-9-3-1-4-10-22)20-25(28)17-24-21-30(19-23-11-5-2-6-12-23)27-14-8-7-13-26(24)27/h1-14,17,21H,15-16,18-20H2/b25-17+. The van der Waals surface area contributed by atoms with Crippen molar-refractivity contribution in [3.05, 3.63) is 113 Å². The van der Waals surface area contributed by atoms with Gasteiger partial charge in [0.25, 0.3) is 0 Å². The van der Waals surface area contributed by atoms with Gasteiger partial charge in [0.05, 0.1) is 0 Å². The lowest BCUT2D eigenvalue weighted by molar-refractivity contribution is -0.117. The first kappa shape index (κ1) is 19.5. The van der Waals surface area contributed by atoms with Crippen LogP contribution in [0.15, 0.2) is 96.7 Å². The molecule has 3 heteroatoms. The summed E-state index contributed by atoms with van der Waals surface area (Å²) in [6.45, 7) is 3.21. The maximum Gasteiger partial charge on any atom is 0.161 e. The number of rotatable bonds is 5. The molecule has 0 radical (unpaired) electrons. The van der Waals surface area contributed by atoms with Gasteiger partial charge in [0.2, 0.25) is 0 Å². The molecule has 5 rings (SSSR count). The van der Waals surface area contributed by atoms with Gasteiger partial charge >= 0.3 is 0 Å². The molecule has 1 aliphatic rings. The summed E-state index contributed by atoms with van der Waals surface area (Å²) in [5, 5.41) is 1.19. The van der Waals surface area contributed by atoms with Gasteiger partial charge in [-0.15, -0.1) is 0 Å². The van der Waals surface area contributed by atoms with Gasteiger partial charge in [0, 0.05) is 60.8 Å². The monoisotopic (exact) mass is 406 g/mol. The van der Waals surface area contributed by atoms with E-state index in [1.165, 1.54) is 22.0 Å². The van der Waals surface area contributed by atoms with Crippen LogP contribution < -0.4 is 0 Å². The minimum absolute atomic E-state index is 0.268. The Kier molecular flexibility index (Phi) is 5.51. The fourth-order valence-corrected chi connectivity index (χ4v) is 4.42. The molecule has 0 atom stereocenters. The van der Waals surface area contributed by atoms with Crippen LogP contribution in [0, 0.1) is 0 Å². The second-order valence-electron chi connectivity index (χ2n) is 8.25. The number of aromatic nitrogens is 1. The first-order valence-corrected chi connectivity index (χ1v) is 10.9. The van der Waals surface area contributed by atoms with Gasteiger partial charge in [-0.2, -0.15) is 0 Å². The minimum atomic E-state index is 0.268. The number of benzene rings is 3. The molecule has 3 nitrogen and oxygen atoms in total. The zero-order valence-corrected chi connectivity index (χ0v) is 17.6. The summed E-state index contributed by atoms with van der Waals surface area (Å²) in [6.07, 6.45) is 4.89. The number of Topliss-reactive ketones (excluding diaryl/α,β-unsaturated/α-hetero) is 1. The van der Waals surface area contributed by atoms with Crippen LogP contribution in [0.2, 0.25) is 0 Å². The van der Waals surface area contributed by atoms with E-state index in [4.69, 9.17) is 0 Å². The number of fused-ring (bicyclic) bond motifs is 1. The van der Waals surface area contributed by atoms with E-state index in [0.29, 0.717) is 13.0 Å². The van der Waals surface area contributed by atoms with Gasteiger partial charge in [-0.3, -0.25) is 9.69 Å². The van der Waals surface area contributed by atoms with E-state index in [9.17, 15) is 4.79 Å². The summed E-state index contributed by atoms with van der Waals surface area (Å²) in [4.78, 5) is 15.1. The number of likely N-dealkylation sites (tertiary alicyclic amines) is 1. The van der Waals surface area contributed by atoms with Crippen LogP contribution in [0.25, 0.3) is 17.0 Å². The fraction of sp³-hybridized carbons (Fsp3) is 0.179. The average Bonchev–Trinajstić information content (AvgIpc) is 3.15. The molecule has 0 aliphatic carbocycles. The predicted octanol–water partition coefficient (Wildman–Crippen LogP) is 5.55. The summed E-state index contributed by atoms with van der Waals surface area (Å²) in [7, 11) is 0. The number of para-hydroxylation sites is 1. The van der Waals surface area contributed by atoms with Crippen LogP contribution >= 0.6 is 0 Å². The Morgan fingerprint density at radius 2 is 1.42 bits per heavy atom. The molecule has 154 valence electrons. The van der Waals surface area contributed by atoms with Crippen molar-refractivity contribution >= 4 is 22.8 Å². The third-order valence-electron chi connectivity index (χ3n) is 6.00. The number of hydrogen-bond donors (Lipinski definition) is 0. The van der Waals surface area contributed by atoms with Crippen molar-refractivity contribution < 1.29 is 4.79 Å². The van der Waals surface area contributed by atoms with Crippen molar-refractivity contribution in [1.82, 2.24) is 9.47 Å². The Morgan fingerprint density at radius 1 is 0.774 bits per heavy atom. The third-order valence-corrected chi connectivity index (χ3v) is 6.00. The van der Waals surface area contributed by atoms with Crippen molar-refractivity contribution in [2.75, 3.05) is 13.1 Å². The second-order valence-corrected chi connectivity index (χ2v) is 8.25. The van der Waals surface area contributed by atoms with E-state index >= 15 is 0 Å². The van der Waals surface area contributed by atoms with Gasteiger partial charge in [-0.25, -0.2) is 0 Å². The molecule has 2 heterocycles. The van der Waals surface area contributed by atoms with Gasteiger partial charge in [-0.1, -0.05) is 78.9 Å². The summed E-state index contributed by atoms with van der Waals surface area (Å²) in [5.41, 5.74) is 5.78. The van der Waals surface area contributed by atoms with Gasteiger partial charge in [0.15, 0.2) is 5.78 Å². The highest BCUT2D eigenvalue weighted by Gasteiger charge is 2.22. The minimum Gasteiger partial charge on any atom is -0.342 e. The number of carbonyl (C=O) groups is 1. The second kappa shape index (κ2) is 8.75. The molecule has 31 heavy (non-hydrogen) atoms. The van der Waals surface area contributed by atoms with Crippen molar-refractivity contribution in [3.63, 3.8) is 0 Å². The number of piperidine rings is 1. The van der Waals surface area contributed by atoms with Crippen LogP contribution in [0.3, 0.4) is 0 Å². The molecule has 0 unspecified atom stereocenters. The molecule has 0 bridgehead atoms. The first-order valence-electron chi connectivity index (χ1n) is 10.9. The van der Waals surface area contributed by atoms with Crippen molar-refractivity contribution in [1.29, 1.82) is 0 Å². The van der Waals surface area contributed by atoms with Crippen LogP contribution in [0.5, 0.6) is 0 Å². The zero-order chi connectivity index (χ0) is 21.0. The third kappa shape index (κ3) is 4.37. The Balaban J connectivity index is 1.45. The van der Waals surface area contributed by atoms with Gasteiger partial charge in [-0.05, 0) is 23.3 Å². The smallest absolute Gasteiger partial charge is 0.161 e. The molecule has 3 aromatic carbocycles. The van der Waals surface area contributed by atoms with E-state index < -0.39 is 0 Å². The van der Waals surface area contributed by atoms with Crippen molar-refractivity contribution in [2.45, 2.75) is 19.5 Å². The van der Waals surface area contributed by atoms with Crippen molar-refractivity contribution in [3.8, 4) is 0 Å². The average molecular weight is 407 g/mol. The van der Waals surface area contributed by atoms with Crippen LogP contribution in [-0.4, -0.2) is 28.3 Å². The summed E-state index contributed by atoms with van der Waals surface area (Å²) >= 11 is 0. The maximum absolute atomic E-state index is 12.7. The molecule has 1 aromatic heterocycles. The highest BCUT2D eigenvalue weighted by molar-refractivity contribution is 6.03. The lowest BCUT2D eigenvalue weighted by Crippen LogP contribution is -2.35. The SMILES string of the molecule is O=C1CCN(Cc2ccccc2)C/C1=C\c1cn(Cc2ccccc2)c2ccccc12. The number of hydrogen-bond acceptors (Lipinski definition) is 2. The quantitative estimate of drug-likeness (QED) is 0.406. The molecular weight excluding hydrogens is 380 g/mol. The van der Waals surface area contributed by atoms with Crippen LogP contribution in [-0.2, 0) is 17.9 Å². The lowest BCUT2D eigenvalue weighted by atomic mass is 9.99. The van der Waals surface area contributed by atoms with Gasteiger partial charge < -0.3 is 4.57 Å². The first-order chi connectivity index (χ1) is 15.3. The summed E-state index contributed by atoms with van der Waals surface area (Å²) in [6, 6.07) is 29.4. The Labute approximate surface area is 183 Å². The van der Waals surface area contributed by atoms with Crippen molar-refractivity contribution in [2.24, 2.45) is 0 Å². The lowest BCUT2D eigenvalue weighted by Gasteiger charge is -2.27. The molecule has 0 spiro atoms. The molecule has 0 amide bonds. The zero-order valence-electron chi connectivity index (χ0n) is 17.6. The summed E-state index contributed by atoms with van der Waals surface area (Å²) in [5.74, 6) is 0.268. The molecular formula is C28H26N2O. The number of carbonyl (C=O) groups excluding carboxylic acids is 1. The Morgan fingerprint density at radius 3 is 2.16 bits per heavy atom. The molecule has 0 N–H and O–H groups in total. The molecule has 0 saturated carbocycles. The van der Waals surface area contributed by atoms with Crippen LogP contribution in [0.1, 0.15) is 23.1 Å².